The maximum atomic E-state index is 13.2. The van der Waals surface area contributed by atoms with E-state index < -0.39 is 0 Å². The fourth-order valence-electron chi connectivity index (χ4n) is 3.94. The molecule has 0 spiro atoms. The summed E-state index contributed by atoms with van der Waals surface area (Å²) < 4.78 is 16.4. The molecule has 0 radical (unpaired) electrons. The second kappa shape index (κ2) is 10.6. The summed E-state index contributed by atoms with van der Waals surface area (Å²) >= 11 is 0. The number of benzene rings is 1. The molecule has 0 N–H and O–H groups in total. The van der Waals surface area contributed by atoms with Crippen molar-refractivity contribution in [3.05, 3.63) is 36.0 Å². The van der Waals surface area contributed by atoms with Gasteiger partial charge in [0, 0.05) is 44.2 Å². The topological polar surface area (TPSA) is 85.1 Å². The molecule has 2 aromatic rings. The molecule has 3 rings (SSSR count). The second-order valence-corrected chi connectivity index (χ2v) is 8.76. The number of amides is 2. The first kappa shape index (κ1) is 23.8. The molecule has 8 nitrogen and oxygen atoms in total. The Bertz CT molecular complexity index is 916. The van der Waals surface area contributed by atoms with Crippen molar-refractivity contribution >= 4 is 11.8 Å². The van der Waals surface area contributed by atoms with Gasteiger partial charge in [-0.25, -0.2) is 0 Å². The van der Waals surface area contributed by atoms with Crippen LogP contribution in [0.1, 0.15) is 44.6 Å². The SMILES string of the molecule is COc1cccc(-c2cc(C(=O)N(CCC(=O)N3CC(C)OC(C)C3)CC(C)C)no2)c1. The molecule has 8 heteroatoms. The number of aromatic nitrogens is 1. The van der Waals surface area contributed by atoms with Crippen molar-refractivity contribution in [2.45, 2.75) is 46.3 Å². The smallest absolute Gasteiger partial charge is 0.276 e. The maximum absolute atomic E-state index is 13.2. The molecule has 1 aliphatic rings. The summed E-state index contributed by atoms with van der Waals surface area (Å²) in [6.07, 6.45) is 0.293. The molecule has 0 saturated carbocycles. The minimum absolute atomic E-state index is 0.0151. The van der Waals surface area contributed by atoms with E-state index in [1.807, 2.05) is 56.9 Å². The van der Waals surface area contributed by atoms with Gasteiger partial charge in [0.15, 0.2) is 11.5 Å². The number of carbonyl (C=O) groups is 2. The quantitative estimate of drug-likeness (QED) is 0.621. The lowest BCUT2D eigenvalue weighted by Gasteiger charge is -2.35. The van der Waals surface area contributed by atoms with Crippen LogP contribution in [-0.2, 0) is 9.53 Å². The van der Waals surface area contributed by atoms with Gasteiger partial charge in [-0.3, -0.25) is 9.59 Å². The summed E-state index contributed by atoms with van der Waals surface area (Å²) in [5, 5.41) is 3.99. The largest absolute Gasteiger partial charge is 0.497 e. The summed E-state index contributed by atoms with van der Waals surface area (Å²) in [6.45, 7) is 10.0. The predicted molar refractivity (Wildman–Crippen MR) is 120 cm³/mol. The molecule has 2 heterocycles. The molecule has 1 aromatic heterocycles. The third-order valence-corrected chi connectivity index (χ3v) is 5.32. The van der Waals surface area contributed by atoms with Gasteiger partial charge in [-0.1, -0.05) is 31.1 Å². The summed E-state index contributed by atoms with van der Waals surface area (Å²) in [5.74, 6) is 1.23. The first-order valence-electron chi connectivity index (χ1n) is 11.1. The van der Waals surface area contributed by atoms with E-state index in [0.29, 0.717) is 37.7 Å². The molecule has 2 unspecified atom stereocenters. The zero-order valence-corrected chi connectivity index (χ0v) is 19.5. The van der Waals surface area contributed by atoms with Crippen LogP contribution in [0.3, 0.4) is 0 Å². The van der Waals surface area contributed by atoms with Crippen LogP contribution >= 0.6 is 0 Å². The highest BCUT2D eigenvalue weighted by Gasteiger charge is 2.27. The third-order valence-electron chi connectivity index (χ3n) is 5.32. The zero-order valence-electron chi connectivity index (χ0n) is 19.5. The minimum atomic E-state index is -0.242. The van der Waals surface area contributed by atoms with Crippen molar-refractivity contribution in [1.82, 2.24) is 15.0 Å². The van der Waals surface area contributed by atoms with Crippen molar-refractivity contribution < 1.29 is 23.6 Å². The average molecular weight is 444 g/mol. The van der Waals surface area contributed by atoms with Crippen LogP contribution in [0.4, 0.5) is 0 Å². The van der Waals surface area contributed by atoms with Crippen LogP contribution in [0.5, 0.6) is 5.75 Å². The average Bonchev–Trinajstić information content (AvgIpc) is 3.25. The van der Waals surface area contributed by atoms with Crippen LogP contribution in [0.25, 0.3) is 11.3 Å². The van der Waals surface area contributed by atoms with Crippen LogP contribution in [0, 0.1) is 5.92 Å². The van der Waals surface area contributed by atoms with E-state index in [9.17, 15) is 9.59 Å². The Balaban J connectivity index is 1.68. The Morgan fingerprint density at radius 1 is 1.22 bits per heavy atom. The number of rotatable bonds is 8. The van der Waals surface area contributed by atoms with Crippen molar-refractivity contribution in [2.75, 3.05) is 33.3 Å². The Morgan fingerprint density at radius 2 is 1.94 bits per heavy atom. The van der Waals surface area contributed by atoms with E-state index in [2.05, 4.69) is 5.16 Å². The normalized spacial score (nSPS) is 18.6. The highest BCUT2D eigenvalue weighted by Crippen LogP contribution is 2.25. The molecule has 0 bridgehead atoms. The van der Waals surface area contributed by atoms with Crippen LogP contribution < -0.4 is 4.74 Å². The van der Waals surface area contributed by atoms with Crippen LogP contribution in [-0.4, -0.2) is 72.3 Å². The first-order chi connectivity index (χ1) is 15.3. The summed E-state index contributed by atoms with van der Waals surface area (Å²) in [7, 11) is 1.60. The van der Waals surface area contributed by atoms with E-state index in [4.69, 9.17) is 14.0 Å². The number of hydrogen-bond donors (Lipinski definition) is 0. The third kappa shape index (κ3) is 6.09. The van der Waals surface area contributed by atoms with Gasteiger partial charge in [0.25, 0.3) is 5.91 Å². The molecule has 1 aromatic carbocycles. The highest BCUT2D eigenvalue weighted by molar-refractivity contribution is 5.93. The van der Waals surface area contributed by atoms with Crippen LogP contribution in [0.2, 0.25) is 0 Å². The Morgan fingerprint density at radius 3 is 2.59 bits per heavy atom. The number of hydrogen-bond acceptors (Lipinski definition) is 6. The lowest BCUT2D eigenvalue weighted by molar-refractivity contribution is -0.143. The fraction of sp³-hybridized carbons (Fsp3) is 0.542. The van der Waals surface area contributed by atoms with Crippen molar-refractivity contribution in [3.8, 4) is 17.1 Å². The van der Waals surface area contributed by atoms with Crippen LogP contribution in [0.15, 0.2) is 34.9 Å². The zero-order chi connectivity index (χ0) is 23.3. The Labute approximate surface area is 189 Å². The van der Waals surface area contributed by atoms with Crippen molar-refractivity contribution in [3.63, 3.8) is 0 Å². The second-order valence-electron chi connectivity index (χ2n) is 8.76. The minimum Gasteiger partial charge on any atom is -0.497 e. The Kier molecular flexibility index (Phi) is 7.90. The van der Waals surface area contributed by atoms with E-state index in [1.165, 1.54) is 0 Å². The molecule has 32 heavy (non-hydrogen) atoms. The molecule has 174 valence electrons. The predicted octanol–water partition coefficient (Wildman–Crippen LogP) is 3.47. The molecule has 2 atom stereocenters. The molecule has 2 amide bonds. The highest BCUT2D eigenvalue weighted by atomic mass is 16.5. The van der Waals surface area contributed by atoms with Gasteiger partial charge < -0.3 is 23.8 Å². The maximum Gasteiger partial charge on any atom is 0.276 e. The monoisotopic (exact) mass is 443 g/mol. The standard InChI is InChI=1S/C24H33N3O5/c1-16(2)13-26(10-9-23(28)27-14-17(3)31-18(4)15-27)24(29)21-12-22(32-25-21)19-7-6-8-20(11-19)30-5/h6-8,11-12,16-18H,9-10,13-15H2,1-5H3. The van der Waals surface area contributed by atoms with E-state index in [0.717, 1.165) is 5.56 Å². The van der Waals surface area contributed by atoms with E-state index in [-0.39, 0.29) is 42.1 Å². The lowest BCUT2D eigenvalue weighted by Crippen LogP contribution is -2.49. The van der Waals surface area contributed by atoms with Gasteiger partial charge in [0.05, 0.1) is 19.3 Å². The molecule has 0 aliphatic carbocycles. The van der Waals surface area contributed by atoms with Gasteiger partial charge in [0.1, 0.15) is 5.75 Å². The number of methoxy groups -OCH3 is 1. The molecule has 1 saturated heterocycles. The van der Waals surface area contributed by atoms with Gasteiger partial charge in [-0.05, 0) is 31.9 Å². The number of ether oxygens (including phenoxy) is 2. The van der Waals surface area contributed by atoms with Gasteiger partial charge >= 0.3 is 0 Å². The molecule has 1 aliphatic heterocycles. The molecular formula is C24H33N3O5. The van der Waals surface area contributed by atoms with Crippen molar-refractivity contribution in [2.24, 2.45) is 5.92 Å². The van der Waals surface area contributed by atoms with Gasteiger partial charge in [-0.2, -0.15) is 0 Å². The van der Waals surface area contributed by atoms with Gasteiger partial charge in [-0.15, -0.1) is 0 Å². The Hall–Kier alpha value is -2.87. The number of nitrogens with zero attached hydrogens (tertiary/aromatic N) is 3. The summed E-state index contributed by atoms with van der Waals surface area (Å²) in [4.78, 5) is 29.5. The van der Waals surface area contributed by atoms with E-state index >= 15 is 0 Å². The number of carbonyl (C=O) groups excluding carboxylic acids is 2. The van der Waals surface area contributed by atoms with Gasteiger partial charge in [0.2, 0.25) is 5.91 Å². The lowest BCUT2D eigenvalue weighted by atomic mass is 10.1. The van der Waals surface area contributed by atoms with Crippen molar-refractivity contribution in [1.29, 1.82) is 0 Å². The van der Waals surface area contributed by atoms with E-state index in [1.54, 1.807) is 18.1 Å². The fourth-order valence-corrected chi connectivity index (χ4v) is 3.94. The number of morpholine rings is 1. The summed E-state index contributed by atoms with van der Waals surface area (Å²) in [5.41, 5.74) is 1.00. The molecular weight excluding hydrogens is 410 g/mol. The summed E-state index contributed by atoms with van der Waals surface area (Å²) in [6, 6.07) is 9.01. The molecule has 1 fully saturated rings. The first-order valence-corrected chi connectivity index (χ1v) is 11.1.